The van der Waals surface area contributed by atoms with Crippen molar-refractivity contribution in [3.05, 3.63) is 71.7 Å². The summed E-state index contributed by atoms with van der Waals surface area (Å²) in [6.45, 7) is 1.23. The van der Waals surface area contributed by atoms with Crippen LogP contribution in [-0.4, -0.2) is 46.9 Å². The van der Waals surface area contributed by atoms with Crippen molar-refractivity contribution in [2.75, 3.05) is 13.1 Å². The second-order valence-corrected chi connectivity index (χ2v) is 10.4. The normalized spacial score (nSPS) is 22.0. The summed E-state index contributed by atoms with van der Waals surface area (Å²) in [5.41, 5.74) is 9.23. The highest BCUT2D eigenvalue weighted by molar-refractivity contribution is 5.83. The molecule has 36 heavy (non-hydrogen) atoms. The number of nitrogens with zero attached hydrogens (tertiary/aromatic N) is 1. The number of carbonyl (C=O) groups excluding carboxylic acids is 2. The van der Waals surface area contributed by atoms with Gasteiger partial charge in [0, 0.05) is 36.2 Å². The Kier molecular flexibility index (Phi) is 7.37. The van der Waals surface area contributed by atoms with Crippen LogP contribution in [0.1, 0.15) is 55.6 Å². The number of likely N-dealkylation sites (tertiary alicyclic amines) is 1. The number of para-hydroxylation sites is 1. The summed E-state index contributed by atoms with van der Waals surface area (Å²) in [4.78, 5) is 30.4. The lowest BCUT2D eigenvalue weighted by atomic mass is 9.80. The molecule has 7 heteroatoms. The van der Waals surface area contributed by atoms with Gasteiger partial charge in [-0.15, -0.1) is 0 Å². The smallest absolute Gasteiger partial charge is 0.234 e. The number of fused-ring (bicyclic) bond motifs is 1. The Bertz CT molecular complexity index is 1190. The van der Waals surface area contributed by atoms with Crippen LogP contribution < -0.4 is 11.1 Å². The van der Waals surface area contributed by atoms with E-state index in [9.17, 15) is 14.0 Å². The minimum Gasteiger partial charge on any atom is -0.368 e. The van der Waals surface area contributed by atoms with Crippen LogP contribution in [0, 0.1) is 11.7 Å². The average Bonchev–Trinajstić information content (AvgIpc) is 3.33. The Balaban J connectivity index is 1.12. The number of nitrogens with two attached hydrogens (primary N) is 1. The number of hydrogen-bond donors (Lipinski definition) is 3. The molecule has 1 aliphatic heterocycles. The number of H-pyrrole nitrogens is 1. The Labute approximate surface area is 211 Å². The lowest BCUT2D eigenvalue weighted by Crippen LogP contribution is -2.54. The number of aromatic nitrogens is 1. The number of hydrogen-bond acceptors (Lipinski definition) is 3. The van der Waals surface area contributed by atoms with Crippen LogP contribution in [0.25, 0.3) is 10.9 Å². The van der Waals surface area contributed by atoms with Crippen molar-refractivity contribution in [1.82, 2.24) is 15.2 Å². The highest BCUT2D eigenvalue weighted by atomic mass is 19.1. The first-order chi connectivity index (χ1) is 17.5. The third kappa shape index (κ3) is 5.46. The number of amides is 2. The Morgan fingerprint density at radius 2 is 1.69 bits per heavy atom. The number of primary amides is 1. The molecule has 2 aromatic carbocycles. The van der Waals surface area contributed by atoms with Crippen LogP contribution in [0.15, 0.2) is 54.7 Å². The van der Waals surface area contributed by atoms with Crippen molar-refractivity contribution in [2.45, 2.75) is 62.9 Å². The second kappa shape index (κ2) is 10.8. The third-order valence-electron chi connectivity index (χ3n) is 8.14. The first kappa shape index (κ1) is 24.5. The van der Waals surface area contributed by atoms with Crippen molar-refractivity contribution in [3.8, 4) is 0 Å². The molecule has 1 saturated carbocycles. The van der Waals surface area contributed by atoms with Gasteiger partial charge in [-0.2, -0.15) is 0 Å². The predicted octanol–water partition coefficient (Wildman–Crippen LogP) is 4.26. The number of halogens is 1. The van der Waals surface area contributed by atoms with E-state index in [1.807, 2.05) is 4.90 Å². The van der Waals surface area contributed by atoms with Gasteiger partial charge in [0.25, 0.3) is 0 Å². The fourth-order valence-electron chi connectivity index (χ4n) is 6.08. The largest absolute Gasteiger partial charge is 0.368 e. The standard InChI is InChI=1S/C29H35FN4O2/c30-22-9-5-19(6-10-22)17-27(35)34-15-13-21(14-16-34)28(29(31)36)33-23-11-7-20(8-12-23)25-18-32-26-4-2-1-3-24(25)26/h1-6,9-10,18,20-21,23,28,32-33H,7-8,11-17H2,(H2,31,36). The molecule has 1 saturated heterocycles. The van der Waals surface area contributed by atoms with Crippen molar-refractivity contribution >= 4 is 22.7 Å². The quantitative estimate of drug-likeness (QED) is 0.462. The summed E-state index contributed by atoms with van der Waals surface area (Å²) in [7, 11) is 0. The van der Waals surface area contributed by atoms with E-state index in [4.69, 9.17) is 5.73 Å². The topological polar surface area (TPSA) is 91.2 Å². The SMILES string of the molecule is NC(=O)C(NC1CCC(c2c[nH]c3ccccc23)CC1)C1CCN(C(=O)Cc2ccc(F)cc2)CC1. The number of rotatable bonds is 7. The van der Waals surface area contributed by atoms with E-state index in [2.05, 4.69) is 40.8 Å². The summed E-state index contributed by atoms with van der Waals surface area (Å²) in [5.74, 6) is 0.0952. The zero-order chi connectivity index (χ0) is 25.1. The van der Waals surface area contributed by atoms with E-state index < -0.39 is 0 Å². The Hall–Kier alpha value is -3.19. The van der Waals surface area contributed by atoms with Gasteiger partial charge in [-0.1, -0.05) is 30.3 Å². The molecule has 1 unspecified atom stereocenters. The van der Waals surface area contributed by atoms with Gasteiger partial charge in [0.15, 0.2) is 0 Å². The van der Waals surface area contributed by atoms with Gasteiger partial charge in [0.2, 0.25) is 11.8 Å². The summed E-state index contributed by atoms with van der Waals surface area (Å²) in [5, 5.41) is 4.91. The molecule has 2 aliphatic rings. The minimum absolute atomic E-state index is 0.0410. The van der Waals surface area contributed by atoms with Crippen molar-refractivity contribution in [2.24, 2.45) is 11.7 Å². The summed E-state index contributed by atoms with van der Waals surface area (Å²) < 4.78 is 13.1. The van der Waals surface area contributed by atoms with E-state index in [0.717, 1.165) is 44.1 Å². The molecule has 190 valence electrons. The molecule has 4 N–H and O–H groups in total. The highest BCUT2D eigenvalue weighted by Gasteiger charge is 2.34. The van der Waals surface area contributed by atoms with E-state index in [-0.39, 0.29) is 42.1 Å². The fourth-order valence-corrected chi connectivity index (χ4v) is 6.08. The van der Waals surface area contributed by atoms with Gasteiger partial charge < -0.3 is 20.9 Å². The van der Waals surface area contributed by atoms with Gasteiger partial charge in [-0.05, 0) is 79.7 Å². The molecule has 5 rings (SSSR count). The molecule has 0 radical (unpaired) electrons. The predicted molar refractivity (Wildman–Crippen MR) is 139 cm³/mol. The maximum Gasteiger partial charge on any atom is 0.234 e. The van der Waals surface area contributed by atoms with Crippen LogP contribution in [0.5, 0.6) is 0 Å². The van der Waals surface area contributed by atoms with E-state index in [0.29, 0.717) is 19.0 Å². The van der Waals surface area contributed by atoms with Crippen molar-refractivity contribution in [3.63, 3.8) is 0 Å². The Morgan fingerprint density at radius 3 is 2.39 bits per heavy atom. The first-order valence-electron chi connectivity index (χ1n) is 13.1. The maximum atomic E-state index is 13.1. The van der Waals surface area contributed by atoms with Crippen molar-refractivity contribution < 1.29 is 14.0 Å². The zero-order valence-corrected chi connectivity index (χ0v) is 20.6. The molecule has 0 spiro atoms. The number of aromatic amines is 1. The van der Waals surface area contributed by atoms with Gasteiger partial charge >= 0.3 is 0 Å². The second-order valence-electron chi connectivity index (χ2n) is 10.4. The molecule has 2 fully saturated rings. The van der Waals surface area contributed by atoms with Crippen LogP contribution in [0.2, 0.25) is 0 Å². The van der Waals surface area contributed by atoms with Gasteiger partial charge in [0.05, 0.1) is 12.5 Å². The van der Waals surface area contributed by atoms with Gasteiger partial charge in [0.1, 0.15) is 5.82 Å². The van der Waals surface area contributed by atoms with E-state index in [1.165, 1.54) is 28.6 Å². The minimum atomic E-state index is -0.367. The number of nitrogens with one attached hydrogen (secondary N) is 2. The van der Waals surface area contributed by atoms with Crippen LogP contribution in [0.3, 0.4) is 0 Å². The van der Waals surface area contributed by atoms with E-state index in [1.54, 1.807) is 12.1 Å². The molecule has 0 bridgehead atoms. The van der Waals surface area contributed by atoms with Crippen LogP contribution >= 0.6 is 0 Å². The van der Waals surface area contributed by atoms with Crippen LogP contribution in [0.4, 0.5) is 4.39 Å². The summed E-state index contributed by atoms with van der Waals surface area (Å²) >= 11 is 0. The average molecular weight is 491 g/mol. The molecule has 1 atom stereocenters. The fraction of sp³-hybridized carbons (Fsp3) is 0.448. The monoisotopic (exact) mass is 490 g/mol. The third-order valence-corrected chi connectivity index (χ3v) is 8.14. The molecule has 2 amide bonds. The van der Waals surface area contributed by atoms with Gasteiger partial charge in [-0.3, -0.25) is 9.59 Å². The summed E-state index contributed by atoms with van der Waals surface area (Å²) in [6, 6.07) is 14.4. The molecule has 2 heterocycles. The highest BCUT2D eigenvalue weighted by Crippen LogP contribution is 2.37. The summed E-state index contributed by atoms with van der Waals surface area (Å²) in [6.07, 6.45) is 8.12. The zero-order valence-electron chi connectivity index (χ0n) is 20.6. The van der Waals surface area contributed by atoms with E-state index >= 15 is 0 Å². The maximum absolute atomic E-state index is 13.1. The Morgan fingerprint density at radius 1 is 1.00 bits per heavy atom. The molecule has 3 aromatic rings. The lowest BCUT2D eigenvalue weighted by molar-refractivity contribution is -0.132. The lowest BCUT2D eigenvalue weighted by Gasteiger charge is -2.38. The molecule has 1 aromatic heterocycles. The number of carbonyl (C=O) groups is 2. The molecule has 1 aliphatic carbocycles. The number of piperidine rings is 1. The van der Waals surface area contributed by atoms with Crippen molar-refractivity contribution in [1.29, 1.82) is 0 Å². The molecule has 6 nitrogen and oxygen atoms in total. The van der Waals surface area contributed by atoms with Crippen LogP contribution in [-0.2, 0) is 16.0 Å². The van der Waals surface area contributed by atoms with Gasteiger partial charge in [-0.25, -0.2) is 4.39 Å². The molecular formula is C29H35FN4O2. The number of benzene rings is 2. The molecular weight excluding hydrogens is 455 g/mol. The first-order valence-corrected chi connectivity index (χ1v) is 13.1.